The molecular formula is C22H28N2O3. The number of hydrogen-bond donors (Lipinski definition) is 1. The van der Waals surface area contributed by atoms with Crippen LogP contribution in [0.2, 0.25) is 0 Å². The molecule has 0 spiro atoms. The van der Waals surface area contributed by atoms with Crippen molar-refractivity contribution in [1.82, 2.24) is 4.90 Å². The number of nitrogens with zero attached hydrogens (tertiary/aromatic N) is 1. The highest BCUT2D eigenvalue weighted by molar-refractivity contribution is 6.04. The normalized spacial score (nSPS) is 11.6. The number of ether oxygens (including phenoxy) is 1. The summed E-state index contributed by atoms with van der Waals surface area (Å²) in [6.45, 7) is 10.8. The Hall–Kier alpha value is -2.82. The van der Waals surface area contributed by atoms with Crippen LogP contribution in [0.3, 0.4) is 0 Å². The molecule has 2 amide bonds. The smallest absolute Gasteiger partial charge is 0.265 e. The Bertz CT molecular complexity index is 813. The van der Waals surface area contributed by atoms with Gasteiger partial charge in [0, 0.05) is 13.1 Å². The van der Waals surface area contributed by atoms with Gasteiger partial charge in [0.2, 0.25) is 0 Å². The van der Waals surface area contributed by atoms with Crippen LogP contribution >= 0.6 is 0 Å². The van der Waals surface area contributed by atoms with Gasteiger partial charge in [-0.15, -0.1) is 0 Å². The van der Waals surface area contributed by atoms with E-state index < -0.39 is 6.10 Å². The number of hydrogen-bond acceptors (Lipinski definition) is 3. The Labute approximate surface area is 161 Å². The van der Waals surface area contributed by atoms with E-state index in [1.807, 2.05) is 45.9 Å². The predicted molar refractivity (Wildman–Crippen MR) is 108 cm³/mol. The second-order valence-electron chi connectivity index (χ2n) is 6.54. The summed E-state index contributed by atoms with van der Waals surface area (Å²) < 4.78 is 5.82. The first-order valence-corrected chi connectivity index (χ1v) is 9.30. The zero-order valence-corrected chi connectivity index (χ0v) is 16.7. The Morgan fingerprint density at radius 2 is 1.74 bits per heavy atom. The van der Waals surface area contributed by atoms with Crippen molar-refractivity contribution < 1.29 is 14.3 Å². The average molecular weight is 368 g/mol. The lowest BCUT2D eigenvalue weighted by Gasteiger charge is -2.21. The number of carbonyl (C=O) groups is 2. The number of benzene rings is 2. The maximum atomic E-state index is 12.7. The molecule has 2 aromatic rings. The second kappa shape index (κ2) is 9.21. The topological polar surface area (TPSA) is 58.6 Å². The molecule has 0 aliphatic rings. The maximum Gasteiger partial charge on any atom is 0.265 e. The molecule has 5 nitrogen and oxygen atoms in total. The van der Waals surface area contributed by atoms with Crippen molar-refractivity contribution >= 4 is 17.5 Å². The molecule has 2 aromatic carbocycles. The number of amides is 2. The summed E-state index contributed by atoms with van der Waals surface area (Å²) >= 11 is 0. The van der Waals surface area contributed by atoms with Crippen molar-refractivity contribution in [2.24, 2.45) is 0 Å². The maximum absolute atomic E-state index is 12.7. The number of para-hydroxylation sites is 1. The van der Waals surface area contributed by atoms with E-state index in [-0.39, 0.29) is 11.8 Å². The quantitative estimate of drug-likeness (QED) is 0.797. The lowest BCUT2D eigenvalue weighted by molar-refractivity contribution is -0.122. The fraction of sp³-hybridized carbons (Fsp3) is 0.364. The molecule has 0 radical (unpaired) electrons. The fourth-order valence-corrected chi connectivity index (χ4v) is 2.87. The molecule has 0 aliphatic heterocycles. The number of rotatable bonds is 7. The third kappa shape index (κ3) is 5.09. The summed E-state index contributed by atoms with van der Waals surface area (Å²) in [6, 6.07) is 12.9. The van der Waals surface area contributed by atoms with Gasteiger partial charge in [0.25, 0.3) is 11.8 Å². The highest BCUT2D eigenvalue weighted by Crippen LogP contribution is 2.22. The van der Waals surface area contributed by atoms with Crippen LogP contribution in [0.15, 0.2) is 42.5 Å². The van der Waals surface area contributed by atoms with Crippen LogP contribution in [0.25, 0.3) is 0 Å². The van der Waals surface area contributed by atoms with Gasteiger partial charge in [-0.3, -0.25) is 9.59 Å². The molecule has 2 rings (SSSR count). The first-order valence-electron chi connectivity index (χ1n) is 9.30. The van der Waals surface area contributed by atoms with E-state index >= 15 is 0 Å². The van der Waals surface area contributed by atoms with Gasteiger partial charge >= 0.3 is 0 Å². The SMILES string of the molecule is CCN(CC)C(=O)c1ccccc1NC(=O)[C@@H](C)Oc1ccc(C)cc1C. The minimum absolute atomic E-state index is 0.0983. The molecule has 5 heteroatoms. The zero-order valence-electron chi connectivity index (χ0n) is 16.7. The molecule has 0 aromatic heterocycles. The zero-order chi connectivity index (χ0) is 20.0. The molecule has 27 heavy (non-hydrogen) atoms. The van der Waals surface area contributed by atoms with Crippen molar-refractivity contribution in [2.45, 2.75) is 40.7 Å². The number of carbonyl (C=O) groups excluding carboxylic acids is 2. The van der Waals surface area contributed by atoms with E-state index in [4.69, 9.17) is 4.74 Å². The molecule has 1 N–H and O–H groups in total. The van der Waals surface area contributed by atoms with Crippen molar-refractivity contribution in [1.29, 1.82) is 0 Å². The fourth-order valence-electron chi connectivity index (χ4n) is 2.87. The lowest BCUT2D eigenvalue weighted by Crippen LogP contribution is -2.33. The van der Waals surface area contributed by atoms with Gasteiger partial charge in [0.05, 0.1) is 11.3 Å². The third-order valence-electron chi connectivity index (χ3n) is 4.47. The Morgan fingerprint density at radius 1 is 1.07 bits per heavy atom. The van der Waals surface area contributed by atoms with E-state index in [1.54, 1.807) is 36.1 Å². The van der Waals surface area contributed by atoms with Crippen LogP contribution in [0.4, 0.5) is 5.69 Å². The number of nitrogens with one attached hydrogen (secondary N) is 1. The van der Waals surface area contributed by atoms with Gasteiger partial charge in [-0.2, -0.15) is 0 Å². The number of anilines is 1. The van der Waals surface area contributed by atoms with Gasteiger partial charge in [-0.1, -0.05) is 29.8 Å². The predicted octanol–water partition coefficient (Wildman–Crippen LogP) is 4.19. The van der Waals surface area contributed by atoms with Crippen molar-refractivity contribution in [3.8, 4) is 5.75 Å². The van der Waals surface area contributed by atoms with Crippen LogP contribution in [0.1, 0.15) is 42.3 Å². The van der Waals surface area contributed by atoms with E-state index in [0.717, 1.165) is 11.1 Å². The molecular weight excluding hydrogens is 340 g/mol. The minimum Gasteiger partial charge on any atom is -0.481 e. The van der Waals surface area contributed by atoms with E-state index in [0.29, 0.717) is 30.1 Å². The molecule has 0 bridgehead atoms. The summed E-state index contributed by atoms with van der Waals surface area (Å²) in [5.74, 6) is 0.282. The van der Waals surface area contributed by atoms with Crippen molar-refractivity contribution in [3.63, 3.8) is 0 Å². The Balaban J connectivity index is 2.14. The van der Waals surface area contributed by atoms with Gasteiger partial charge in [0.15, 0.2) is 6.10 Å². The third-order valence-corrected chi connectivity index (χ3v) is 4.47. The monoisotopic (exact) mass is 368 g/mol. The highest BCUT2D eigenvalue weighted by atomic mass is 16.5. The summed E-state index contributed by atoms with van der Waals surface area (Å²) in [5, 5.41) is 2.83. The Kier molecular flexibility index (Phi) is 6.99. The molecule has 0 unspecified atom stereocenters. The molecule has 0 aliphatic carbocycles. The van der Waals surface area contributed by atoms with Crippen LogP contribution < -0.4 is 10.1 Å². The summed E-state index contributed by atoms with van der Waals surface area (Å²) in [5.41, 5.74) is 3.09. The lowest BCUT2D eigenvalue weighted by atomic mass is 10.1. The molecule has 144 valence electrons. The summed E-state index contributed by atoms with van der Waals surface area (Å²) in [7, 11) is 0. The van der Waals surface area contributed by atoms with E-state index in [1.165, 1.54) is 0 Å². The summed E-state index contributed by atoms with van der Waals surface area (Å²) in [4.78, 5) is 27.0. The van der Waals surface area contributed by atoms with E-state index in [9.17, 15) is 9.59 Å². The highest BCUT2D eigenvalue weighted by Gasteiger charge is 2.20. The molecule has 0 fully saturated rings. The van der Waals surface area contributed by atoms with Crippen molar-refractivity contribution in [3.05, 3.63) is 59.2 Å². The number of aryl methyl sites for hydroxylation is 2. The first kappa shape index (κ1) is 20.5. The van der Waals surface area contributed by atoms with Gasteiger partial charge < -0.3 is 15.0 Å². The standard InChI is InChI=1S/C22H28N2O3/c1-6-24(7-2)22(26)18-10-8-9-11-19(18)23-21(25)17(5)27-20-13-12-15(3)14-16(20)4/h8-14,17H,6-7H2,1-5H3,(H,23,25)/t17-/m1/s1. The van der Waals surface area contributed by atoms with Crippen LogP contribution in [-0.2, 0) is 4.79 Å². The minimum atomic E-state index is -0.692. The Morgan fingerprint density at radius 3 is 2.37 bits per heavy atom. The largest absolute Gasteiger partial charge is 0.481 e. The molecule has 0 saturated carbocycles. The summed E-state index contributed by atoms with van der Waals surface area (Å²) in [6.07, 6.45) is -0.692. The molecule has 0 heterocycles. The molecule has 0 saturated heterocycles. The van der Waals surface area contributed by atoms with Crippen LogP contribution in [-0.4, -0.2) is 35.9 Å². The van der Waals surface area contributed by atoms with Crippen molar-refractivity contribution in [2.75, 3.05) is 18.4 Å². The first-order chi connectivity index (χ1) is 12.9. The van der Waals surface area contributed by atoms with Gasteiger partial charge in [0.1, 0.15) is 5.75 Å². The van der Waals surface area contributed by atoms with Crippen LogP contribution in [0, 0.1) is 13.8 Å². The van der Waals surface area contributed by atoms with Crippen LogP contribution in [0.5, 0.6) is 5.75 Å². The second-order valence-corrected chi connectivity index (χ2v) is 6.54. The van der Waals surface area contributed by atoms with Gasteiger partial charge in [-0.25, -0.2) is 0 Å². The average Bonchev–Trinajstić information content (AvgIpc) is 2.65. The van der Waals surface area contributed by atoms with E-state index in [2.05, 4.69) is 5.32 Å². The molecule has 1 atom stereocenters. The van der Waals surface area contributed by atoms with Gasteiger partial charge in [-0.05, 0) is 58.4 Å².